The maximum absolute atomic E-state index is 12.3. The molecule has 0 fully saturated rings. The van der Waals surface area contributed by atoms with Crippen molar-refractivity contribution in [2.45, 2.75) is 64.7 Å². The average molecular weight is 381 g/mol. The number of H-pyrrole nitrogens is 1. The Labute approximate surface area is 159 Å². The Morgan fingerprint density at radius 2 is 1.88 bits per heavy atom. The summed E-state index contributed by atoms with van der Waals surface area (Å²) in [5, 5.41) is 0.792. The molecule has 0 spiro atoms. The summed E-state index contributed by atoms with van der Waals surface area (Å²) in [4.78, 5) is 19.7. The number of hydrogen-bond donors (Lipinski definition) is 1. The summed E-state index contributed by atoms with van der Waals surface area (Å²) in [7, 11) is 0. The van der Waals surface area contributed by atoms with Crippen molar-refractivity contribution in [3.63, 3.8) is 0 Å². The van der Waals surface area contributed by atoms with Crippen LogP contribution in [0, 0.1) is 0 Å². The van der Waals surface area contributed by atoms with E-state index in [1.165, 1.54) is 32.1 Å². The van der Waals surface area contributed by atoms with Crippen LogP contribution in [0.25, 0.3) is 11.3 Å². The predicted octanol–water partition coefficient (Wildman–Crippen LogP) is 6.60. The van der Waals surface area contributed by atoms with Crippen molar-refractivity contribution in [1.82, 2.24) is 9.97 Å². The zero-order valence-corrected chi connectivity index (χ0v) is 16.5. The lowest BCUT2D eigenvalue weighted by Gasteiger charge is -2.15. The molecule has 2 aromatic rings. The van der Waals surface area contributed by atoms with Crippen molar-refractivity contribution < 1.29 is 0 Å². The first-order valence-corrected chi connectivity index (χ1v) is 9.88. The number of aromatic nitrogens is 2. The Bertz CT molecular complexity index is 743. The molecule has 0 radical (unpaired) electrons. The minimum Gasteiger partial charge on any atom is -0.325 e. The number of rotatable bonds is 9. The molecule has 0 aliphatic carbocycles. The van der Waals surface area contributed by atoms with Gasteiger partial charge in [-0.1, -0.05) is 81.3 Å². The Kier molecular flexibility index (Phi) is 7.98. The van der Waals surface area contributed by atoms with Crippen molar-refractivity contribution >= 4 is 23.2 Å². The van der Waals surface area contributed by atoms with Crippen molar-refractivity contribution in [2.24, 2.45) is 0 Å². The molecular formula is C20H26Cl2N2O. The molecule has 1 aromatic heterocycles. The average Bonchev–Trinajstić information content (AvgIpc) is 2.61. The van der Waals surface area contributed by atoms with Crippen LogP contribution in [0.4, 0.5) is 0 Å². The number of benzene rings is 1. The van der Waals surface area contributed by atoms with Gasteiger partial charge in [-0.05, 0) is 18.9 Å². The predicted molar refractivity (Wildman–Crippen MR) is 107 cm³/mol. The summed E-state index contributed by atoms with van der Waals surface area (Å²) >= 11 is 12.4. The van der Waals surface area contributed by atoms with Crippen LogP contribution in [0.1, 0.15) is 70.4 Å². The molecule has 2 rings (SSSR count). The first-order chi connectivity index (χ1) is 12.1. The van der Waals surface area contributed by atoms with E-state index in [2.05, 4.69) is 23.8 Å². The maximum Gasteiger partial charge on any atom is 0.274 e. The van der Waals surface area contributed by atoms with Crippen LogP contribution in [0.2, 0.25) is 10.0 Å². The van der Waals surface area contributed by atoms with Gasteiger partial charge in [0.05, 0.1) is 15.7 Å². The van der Waals surface area contributed by atoms with E-state index in [9.17, 15) is 4.79 Å². The highest BCUT2D eigenvalue weighted by Gasteiger charge is 2.16. The molecular weight excluding hydrogens is 355 g/mol. The number of halogens is 2. The van der Waals surface area contributed by atoms with E-state index < -0.39 is 0 Å². The summed E-state index contributed by atoms with van der Waals surface area (Å²) in [5.74, 6) is 0.343. The van der Waals surface area contributed by atoms with Crippen molar-refractivity contribution in [1.29, 1.82) is 0 Å². The minimum atomic E-state index is -0.245. The van der Waals surface area contributed by atoms with E-state index in [4.69, 9.17) is 23.2 Å². The molecule has 136 valence electrons. The fourth-order valence-electron chi connectivity index (χ4n) is 3.05. The smallest absolute Gasteiger partial charge is 0.274 e. The third-order valence-corrected chi connectivity index (χ3v) is 5.40. The molecule has 0 aliphatic heterocycles. The molecule has 25 heavy (non-hydrogen) atoms. The van der Waals surface area contributed by atoms with Crippen LogP contribution < -0.4 is 5.56 Å². The highest BCUT2D eigenvalue weighted by molar-refractivity contribution is 6.43. The van der Waals surface area contributed by atoms with Gasteiger partial charge in [0.15, 0.2) is 0 Å². The van der Waals surface area contributed by atoms with Crippen LogP contribution in [0.3, 0.4) is 0 Å². The normalized spacial score (nSPS) is 12.3. The number of nitrogens with zero attached hydrogens (tertiary/aromatic N) is 1. The standard InChI is InChI=1S/C20H26Cl2N2O/c1-3-5-6-7-8-10-14(4-2)17-13-23-20(25)19(24-17)15-11-9-12-16(21)18(15)22/h9,11-14H,3-8,10H2,1-2H3,(H,23,25). The first kappa shape index (κ1) is 20.0. The summed E-state index contributed by atoms with van der Waals surface area (Å²) < 4.78 is 0. The molecule has 1 unspecified atom stereocenters. The van der Waals surface area contributed by atoms with E-state index in [1.807, 2.05) is 0 Å². The monoisotopic (exact) mass is 380 g/mol. The minimum absolute atomic E-state index is 0.245. The van der Waals surface area contributed by atoms with Gasteiger partial charge in [0, 0.05) is 17.7 Å². The SMILES string of the molecule is CCCCCCCC(CC)c1c[nH]c(=O)c(-c2cccc(Cl)c2Cl)n1. The molecule has 1 heterocycles. The second-order valence-electron chi connectivity index (χ2n) is 6.41. The number of nitrogens with one attached hydrogen (secondary N) is 1. The Balaban J connectivity index is 2.22. The van der Waals surface area contributed by atoms with Crippen LogP contribution >= 0.6 is 23.2 Å². The molecule has 0 saturated carbocycles. The molecule has 0 saturated heterocycles. The fraction of sp³-hybridized carbons (Fsp3) is 0.500. The Hall–Kier alpha value is -1.32. The van der Waals surface area contributed by atoms with Crippen LogP contribution in [0.5, 0.6) is 0 Å². The zero-order valence-electron chi connectivity index (χ0n) is 14.9. The van der Waals surface area contributed by atoms with Crippen LogP contribution in [-0.4, -0.2) is 9.97 Å². The van der Waals surface area contributed by atoms with Gasteiger partial charge in [0.2, 0.25) is 0 Å². The van der Waals surface area contributed by atoms with E-state index >= 15 is 0 Å². The van der Waals surface area contributed by atoms with Crippen LogP contribution in [-0.2, 0) is 0 Å². The molecule has 0 aliphatic rings. The second-order valence-corrected chi connectivity index (χ2v) is 7.20. The Morgan fingerprint density at radius 1 is 1.12 bits per heavy atom. The van der Waals surface area contributed by atoms with Gasteiger partial charge < -0.3 is 4.98 Å². The van der Waals surface area contributed by atoms with Gasteiger partial charge in [-0.25, -0.2) is 4.98 Å². The summed E-state index contributed by atoms with van der Waals surface area (Å²) in [6, 6.07) is 5.26. The molecule has 3 nitrogen and oxygen atoms in total. The van der Waals surface area contributed by atoms with E-state index in [0.717, 1.165) is 18.5 Å². The summed E-state index contributed by atoms with van der Waals surface area (Å²) in [6.45, 7) is 4.39. The molecule has 1 atom stereocenters. The summed E-state index contributed by atoms with van der Waals surface area (Å²) in [5.41, 5.74) is 1.60. The van der Waals surface area contributed by atoms with E-state index in [0.29, 0.717) is 27.2 Å². The lowest BCUT2D eigenvalue weighted by atomic mass is 9.95. The molecule has 1 aromatic carbocycles. The van der Waals surface area contributed by atoms with Gasteiger partial charge in [0.25, 0.3) is 5.56 Å². The Morgan fingerprint density at radius 3 is 2.60 bits per heavy atom. The van der Waals surface area contributed by atoms with Crippen molar-refractivity contribution in [3.05, 3.63) is 50.5 Å². The topological polar surface area (TPSA) is 45.8 Å². The van der Waals surface area contributed by atoms with Crippen molar-refractivity contribution in [2.75, 3.05) is 0 Å². The van der Waals surface area contributed by atoms with Gasteiger partial charge in [-0.15, -0.1) is 0 Å². The van der Waals surface area contributed by atoms with E-state index in [-0.39, 0.29) is 5.56 Å². The second kappa shape index (κ2) is 9.98. The van der Waals surface area contributed by atoms with Gasteiger partial charge in [-0.2, -0.15) is 0 Å². The number of aromatic amines is 1. The quantitative estimate of drug-likeness (QED) is 0.498. The molecule has 5 heteroatoms. The first-order valence-electron chi connectivity index (χ1n) is 9.12. The maximum atomic E-state index is 12.3. The zero-order chi connectivity index (χ0) is 18.2. The highest BCUT2D eigenvalue weighted by atomic mass is 35.5. The fourth-order valence-corrected chi connectivity index (χ4v) is 3.44. The third kappa shape index (κ3) is 5.32. The molecule has 0 amide bonds. The van der Waals surface area contributed by atoms with Gasteiger partial charge >= 0.3 is 0 Å². The van der Waals surface area contributed by atoms with Gasteiger partial charge in [-0.3, -0.25) is 4.79 Å². The van der Waals surface area contributed by atoms with Crippen LogP contribution in [0.15, 0.2) is 29.2 Å². The molecule has 0 bridgehead atoms. The third-order valence-electron chi connectivity index (χ3n) is 4.58. The largest absolute Gasteiger partial charge is 0.325 e. The van der Waals surface area contributed by atoms with E-state index in [1.54, 1.807) is 24.4 Å². The lowest BCUT2D eigenvalue weighted by molar-refractivity contribution is 0.525. The highest BCUT2D eigenvalue weighted by Crippen LogP contribution is 2.32. The van der Waals surface area contributed by atoms with Crippen molar-refractivity contribution in [3.8, 4) is 11.3 Å². The number of unbranched alkanes of at least 4 members (excludes halogenated alkanes) is 4. The number of hydrogen-bond acceptors (Lipinski definition) is 2. The summed E-state index contributed by atoms with van der Waals surface area (Å²) in [6.07, 6.45) is 10.1. The van der Waals surface area contributed by atoms with Gasteiger partial charge in [0.1, 0.15) is 5.69 Å². The molecule has 1 N–H and O–H groups in total. The lowest BCUT2D eigenvalue weighted by Crippen LogP contribution is -2.14.